The summed E-state index contributed by atoms with van der Waals surface area (Å²) in [4.78, 5) is 15.5. The van der Waals surface area contributed by atoms with Crippen LogP contribution in [-0.4, -0.2) is 28.3 Å². The monoisotopic (exact) mass is 521 g/mol. The second-order valence-corrected chi connectivity index (χ2v) is 13.0. The molecule has 1 aliphatic heterocycles. The summed E-state index contributed by atoms with van der Waals surface area (Å²) < 4.78 is 6.34. The van der Waals surface area contributed by atoms with Crippen molar-refractivity contribution >= 4 is 34.0 Å². The van der Waals surface area contributed by atoms with Gasteiger partial charge in [-0.05, 0) is 42.4 Å². The van der Waals surface area contributed by atoms with E-state index in [9.17, 15) is 10.1 Å². The van der Waals surface area contributed by atoms with Crippen molar-refractivity contribution in [2.24, 2.45) is 11.1 Å². The first kappa shape index (κ1) is 24.8. The van der Waals surface area contributed by atoms with E-state index in [1.165, 1.54) is 43.4 Å². The van der Waals surface area contributed by atoms with E-state index < -0.39 is 5.92 Å². The van der Waals surface area contributed by atoms with Crippen LogP contribution in [0.1, 0.15) is 70.3 Å². The van der Waals surface area contributed by atoms with Crippen molar-refractivity contribution < 1.29 is 9.53 Å². The lowest BCUT2D eigenvalue weighted by Crippen LogP contribution is -2.42. The molecule has 1 unspecified atom stereocenters. The smallest absolute Gasteiger partial charge is 0.219 e. The van der Waals surface area contributed by atoms with Gasteiger partial charge in [0.25, 0.3) is 0 Å². The molecule has 5 rings (SSSR count). The van der Waals surface area contributed by atoms with Crippen molar-refractivity contribution in [3.63, 3.8) is 0 Å². The summed E-state index contributed by atoms with van der Waals surface area (Å²) in [6, 6.07) is 9.86. The van der Waals surface area contributed by atoms with E-state index in [1.54, 1.807) is 18.9 Å². The zero-order valence-corrected chi connectivity index (χ0v) is 22.5. The SMILES string of the molecule is COc1cccc(C2C(C#N)=C(N)N(c3nnc(SC4CCCCC4)s3)C3=C2C(=O)CC(C)(C)C3)c1. The molecule has 188 valence electrons. The molecule has 0 bridgehead atoms. The van der Waals surface area contributed by atoms with Crippen molar-refractivity contribution in [2.45, 2.75) is 74.3 Å². The number of thioether (sulfide) groups is 1. The Morgan fingerprint density at radius 3 is 2.72 bits per heavy atom. The lowest BCUT2D eigenvalue weighted by Gasteiger charge is -2.42. The van der Waals surface area contributed by atoms with Gasteiger partial charge in [0.15, 0.2) is 10.1 Å². The molecule has 2 aliphatic carbocycles. The fraction of sp³-hybridized carbons (Fsp3) is 0.481. The summed E-state index contributed by atoms with van der Waals surface area (Å²) in [6.07, 6.45) is 7.29. The predicted octanol–water partition coefficient (Wildman–Crippen LogP) is 5.91. The number of ether oxygens (including phenoxy) is 1. The van der Waals surface area contributed by atoms with Crippen molar-refractivity contribution in [1.82, 2.24) is 10.2 Å². The summed E-state index contributed by atoms with van der Waals surface area (Å²) in [5.74, 6) is 0.495. The number of Topliss-reactive ketones (excluding diaryl/α,β-unsaturated/α-hetero) is 1. The molecule has 0 radical (unpaired) electrons. The number of rotatable bonds is 5. The molecule has 1 aromatic carbocycles. The Kier molecular flexibility index (Phi) is 6.84. The number of aromatic nitrogens is 2. The van der Waals surface area contributed by atoms with Crippen LogP contribution in [0.25, 0.3) is 0 Å². The predicted molar refractivity (Wildman–Crippen MR) is 143 cm³/mol. The average Bonchev–Trinajstić information content (AvgIpc) is 3.31. The number of carbonyl (C=O) groups excluding carboxylic acids is 1. The molecule has 7 nitrogen and oxygen atoms in total. The fourth-order valence-electron chi connectivity index (χ4n) is 5.55. The van der Waals surface area contributed by atoms with Gasteiger partial charge >= 0.3 is 0 Å². The lowest BCUT2D eigenvalue weighted by atomic mass is 9.68. The Balaban J connectivity index is 1.61. The van der Waals surface area contributed by atoms with Crippen LogP contribution in [-0.2, 0) is 4.79 Å². The average molecular weight is 522 g/mol. The molecule has 2 N–H and O–H groups in total. The van der Waals surface area contributed by atoms with Crippen LogP contribution in [0.5, 0.6) is 5.75 Å². The minimum Gasteiger partial charge on any atom is -0.497 e. The van der Waals surface area contributed by atoms with Crippen LogP contribution in [0.2, 0.25) is 0 Å². The summed E-state index contributed by atoms with van der Waals surface area (Å²) >= 11 is 3.27. The Labute approximate surface area is 220 Å². The molecule has 0 spiro atoms. The zero-order chi connectivity index (χ0) is 25.4. The van der Waals surface area contributed by atoms with Gasteiger partial charge in [-0.15, -0.1) is 10.2 Å². The largest absolute Gasteiger partial charge is 0.497 e. The third-order valence-electron chi connectivity index (χ3n) is 7.21. The molecule has 36 heavy (non-hydrogen) atoms. The fourth-order valence-corrected chi connectivity index (χ4v) is 7.93. The molecule has 3 aliphatic rings. The first-order chi connectivity index (χ1) is 17.3. The van der Waals surface area contributed by atoms with Gasteiger partial charge in [-0.2, -0.15) is 5.26 Å². The second kappa shape index (κ2) is 9.91. The van der Waals surface area contributed by atoms with Crippen molar-refractivity contribution in [3.8, 4) is 11.8 Å². The van der Waals surface area contributed by atoms with E-state index in [0.717, 1.165) is 15.6 Å². The number of ketones is 1. The van der Waals surface area contributed by atoms with E-state index in [0.29, 0.717) is 45.9 Å². The van der Waals surface area contributed by atoms with Gasteiger partial charge in [0.2, 0.25) is 5.13 Å². The Morgan fingerprint density at radius 1 is 1.22 bits per heavy atom. The Morgan fingerprint density at radius 2 is 2.00 bits per heavy atom. The zero-order valence-electron chi connectivity index (χ0n) is 20.9. The number of anilines is 1. The Hall–Kier alpha value is -2.83. The molecular weight excluding hydrogens is 490 g/mol. The molecule has 1 saturated carbocycles. The standard InChI is InChI=1S/C27H31N5O2S2/c1-27(2)13-20-23(21(33)14-27)22(16-8-7-9-17(12-16)34-3)19(15-28)24(29)32(20)25-30-31-26(36-25)35-18-10-5-4-6-11-18/h7-9,12,18,22H,4-6,10-11,13-14,29H2,1-3H3. The molecular formula is C27H31N5O2S2. The third kappa shape index (κ3) is 4.64. The third-order valence-corrected chi connectivity index (χ3v) is 9.54. The minimum atomic E-state index is -0.538. The maximum Gasteiger partial charge on any atom is 0.219 e. The molecule has 9 heteroatoms. The summed E-state index contributed by atoms with van der Waals surface area (Å²) in [5.41, 5.74) is 9.13. The molecule has 1 fully saturated rings. The number of benzene rings is 1. The second-order valence-electron chi connectivity index (χ2n) is 10.5. The van der Waals surface area contributed by atoms with Gasteiger partial charge in [0, 0.05) is 22.9 Å². The van der Waals surface area contributed by atoms with Crippen LogP contribution in [0.15, 0.2) is 51.3 Å². The van der Waals surface area contributed by atoms with E-state index in [4.69, 9.17) is 10.5 Å². The number of hydrogen-bond acceptors (Lipinski definition) is 9. The highest BCUT2D eigenvalue weighted by Gasteiger charge is 2.45. The number of nitriles is 1. The molecule has 0 saturated heterocycles. The van der Waals surface area contributed by atoms with Crippen LogP contribution >= 0.6 is 23.1 Å². The maximum atomic E-state index is 13.7. The van der Waals surface area contributed by atoms with Gasteiger partial charge in [-0.1, -0.05) is 68.3 Å². The molecule has 2 heterocycles. The van der Waals surface area contributed by atoms with Gasteiger partial charge in [-0.25, -0.2) is 0 Å². The first-order valence-electron chi connectivity index (χ1n) is 12.4. The van der Waals surface area contributed by atoms with E-state index in [-0.39, 0.29) is 11.2 Å². The van der Waals surface area contributed by atoms with Crippen molar-refractivity contribution in [2.75, 3.05) is 12.0 Å². The number of carbonyl (C=O) groups is 1. The summed E-state index contributed by atoms with van der Waals surface area (Å²) in [5, 5.41) is 20.4. The number of hydrogen-bond donors (Lipinski definition) is 1. The van der Waals surface area contributed by atoms with Crippen LogP contribution in [0.4, 0.5) is 5.13 Å². The normalized spacial score (nSPS) is 22.4. The highest BCUT2D eigenvalue weighted by atomic mass is 32.2. The number of nitrogens with two attached hydrogens (primary N) is 1. The molecule has 1 aromatic heterocycles. The minimum absolute atomic E-state index is 0.0423. The Bertz CT molecular complexity index is 1280. The van der Waals surface area contributed by atoms with Crippen LogP contribution in [0, 0.1) is 16.7 Å². The van der Waals surface area contributed by atoms with Crippen LogP contribution in [0.3, 0.4) is 0 Å². The quantitative estimate of drug-likeness (QED) is 0.517. The maximum absolute atomic E-state index is 13.7. The summed E-state index contributed by atoms with van der Waals surface area (Å²) in [6.45, 7) is 4.19. The number of nitrogens with zero attached hydrogens (tertiary/aromatic N) is 4. The van der Waals surface area contributed by atoms with E-state index in [1.807, 2.05) is 29.2 Å². The highest BCUT2D eigenvalue weighted by Crippen LogP contribution is 2.51. The van der Waals surface area contributed by atoms with Gasteiger partial charge in [0.05, 0.1) is 24.7 Å². The number of allylic oxidation sites excluding steroid dienone is 3. The number of methoxy groups -OCH3 is 1. The van der Waals surface area contributed by atoms with E-state index >= 15 is 0 Å². The highest BCUT2D eigenvalue weighted by molar-refractivity contribution is 8.01. The lowest BCUT2D eigenvalue weighted by molar-refractivity contribution is -0.118. The summed E-state index contributed by atoms with van der Waals surface area (Å²) in [7, 11) is 1.61. The topological polar surface area (TPSA) is 105 Å². The molecule has 1 atom stereocenters. The van der Waals surface area contributed by atoms with Gasteiger partial charge < -0.3 is 10.5 Å². The van der Waals surface area contributed by atoms with Crippen molar-refractivity contribution in [3.05, 3.63) is 52.5 Å². The van der Waals surface area contributed by atoms with Gasteiger partial charge in [0.1, 0.15) is 11.6 Å². The molecule has 0 amide bonds. The van der Waals surface area contributed by atoms with E-state index in [2.05, 4.69) is 30.1 Å². The molecule has 2 aromatic rings. The van der Waals surface area contributed by atoms with Crippen molar-refractivity contribution in [1.29, 1.82) is 5.26 Å². The first-order valence-corrected chi connectivity index (χ1v) is 14.1. The van der Waals surface area contributed by atoms with Crippen LogP contribution < -0.4 is 15.4 Å². The van der Waals surface area contributed by atoms with Gasteiger partial charge in [-0.3, -0.25) is 9.69 Å².